The summed E-state index contributed by atoms with van der Waals surface area (Å²) in [6, 6.07) is 10.9. The van der Waals surface area contributed by atoms with Gasteiger partial charge in [-0.1, -0.05) is 109 Å². The van der Waals surface area contributed by atoms with Crippen molar-refractivity contribution < 1.29 is 0 Å². The minimum Gasteiger partial charge on any atom is -0.356 e. The smallest absolute Gasteiger partial charge is 0.105 e. The molecule has 1 unspecified atom stereocenters. The lowest BCUT2D eigenvalue weighted by molar-refractivity contribution is 0.273. The van der Waals surface area contributed by atoms with E-state index in [1.807, 2.05) is 0 Å². The SMILES string of the molecule is CCCCCCCCCCCCN1C=CN(c2ccccc2)C1CCCCCC. The van der Waals surface area contributed by atoms with Crippen molar-refractivity contribution in [3.63, 3.8) is 0 Å². The van der Waals surface area contributed by atoms with Crippen molar-refractivity contribution >= 4 is 5.69 Å². The lowest BCUT2D eigenvalue weighted by atomic mass is 10.1. The van der Waals surface area contributed by atoms with E-state index in [0.717, 1.165) is 0 Å². The van der Waals surface area contributed by atoms with Crippen molar-refractivity contribution in [2.24, 2.45) is 0 Å². The van der Waals surface area contributed by atoms with E-state index in [-0.39, 0.29) is 0 Å². The summed E-state index contributed by atoms with van der Waals surface area (Å²) < 4.78 is 0. The van der Waals surface area contributed by atoms with Crippen LogP contribution in [0, 0.1) is 0 Å². The maximum atomic E-state index is 2.60. The molecule has 1 aliphatic rings. The highest BCUT2D eigenvalue weighted by atomic mass is 15.4. The van der Waals surface area contributed by atoms with Crippen LogP contribution in [0.2, 0.25) is 0 Å². The predicted molar refractivity (Wildman–Crippen MR) is 129 cm³/mol. The van der Waals surface area contributed by atoms with Gasteiger partial charge in [0.25, 0.3) is 0 Å². The summed E-state index contributed by atoms with van der Waals surface area (Å²) in [5.41, 5.74) is 1.33. The molecule has 0 spiro atoms. The topological polar surface area (TPSA) is 6.48 Å². The fraction of sp³-hybridized carbons (Fsp3) is 0.704. The van der Waals surface area contributed by atoms with Crippen molar-refractivity contribution in [2.45, 2.75) is 116 Å². The maximum Gasteiger partial charge on any atom is 0.105 e. The summed E-state index contributed by atoms with van der Waals surface area (Å²) in [5.74, 6) is 0. The van der Waals surface area contributed by atoms with Crippen LogP contribution >= 0.6 is 0 Å². The van der Waals surface area contributed by atoms with Crippen LogP contribution in [-0.4, -0.2) is 17.6 Å². The van der Waals surface area contributed by atoms with Gasteiger partial charge >= 0.3 is 0 Å². The van der Waals surface area contributed by atoms with Crippen molar-refractivity contribution in [3.05, 3.63) is 42.7 Å². The molecule has 0 aliphatic carbocycles. The van der Waals surface area contributed by atoms with E-state index in [1.54, 1.807) is 0 Å². The zero-order valence-electron chi connectivity index (χ0n) is 19.3. The number of hydrogen-bond acceptors (Lipinski definition) is 2. The maximum absolute atomic E-state index is 2.60. The highest BCUT2D eigenvalue weighted by molar-refractivity contribution is 5.51. The van der Waals surface area contributed by atoms with Crippen LogP contribution in [0.4, 0.5) is 5.69 Å². The van der Waals surface area contributed by atoms with Gasteiger partial charge < -0.3 is 9.80 Å². The molecule has 2 rings (SSSR count). The Morgan fingerprint density at radius 3 is 1.79 bits per heavy atom. The molecule has 0 saturated heterocycles. The normalized spacial score (nSPS) is 16.1. The Bertz CT molecular complexity index is 525. The van der Waals surface area contributed by atoms with Gasteiger partial charge in [0, 0.05) is 24.6 Å². The third kappa shape index (κ3) is 9.28. The van der Waals surface area contributed by atoms with Gasteiger partial charge in [-0.2, -0.15) is 0 Å². The van der Waals surface area contributed by atoms with Gasteiger partial charge in [-0.3, -0.25) is 0 Å². The molecular weight excluding hydrogens is 352 g/mol. The molecule has 1 heterocycles. The summed E-state index contributed by atoms with van der Waals surface area (Å²) in [5, 5.41) is 0. The van der Waals surface area contributed by atoms with Crippen molar-refractivity contribution in [2.75, 3.05) is 11.4 Å². The first-order chi connectivity index (χ1) is 14.4. The van der Waals surface area contributed by atoms with Gasteiger partial charge in [-0.05, 0) is 31.4 Å². The Labute approximate surface area is 181 Å². The number of anilines is 1. The molecule has 0 aromatic heterocycles. The van der Waals surface area contributed by atoms with Crippen molar-refractivity contribution in [1.82, 2.24) is 4.90 Å². The van der Waals surface area contributed by atoms with Crippen LogP contribution in [0.3, 0.4) is 0 Å². The van der Waals surface area contributed by atoms with E-state index in [0.29, 0.717) is 6.17 Å². The van der Waals surface area contributed by atoms with E-state index in [1.165, 1.54) is 109 Å². The van der Waals surface area contributed by atoms with Gasteiger partial charge in [0.2, 0.25) is 0 Å². The van der Waals surface area contributed by atoms with Crippen LogP contribution in [0.1, 0.15) is 110 Å². The number of nitrogens with zero attached hydrogens (tertiary/aromatic N) is 2. The zero-order chi connectivity index (χ0) is 20.6. The largest absolute Gasteiger partial charge is 0.356 e. The van der Waals surface area contributed by atoms with Gasteiger partial charge in [0.05, 0.1) is 0 Å². The van der Waals surface area contributed by atoms with E-state index < -0.39 is 0 Å². The molecule has 164 valence electrons. The molecule has 1 aliphatic heterocycles. The monoisotopic (exact) mass is 398 g/mol. The molecule has 0 saturated carbocycles. The quantitative estimate of drug-likeness (QED) is 0.243. The molecule has 0 fully saturated rings. The Balaban J connectivity index is 1.68. The lowest BCUT2D eigenvalue weighted by Crippen LogP contribution is -2.39. The van der Waals surface area contributed by atoms with E-state index >= 15 is 0 Å². The van der Waals surface area contributed by atoms with E-state index in [2.05, 4.69) is 66.4 Å². The lowest BCUT2D eigenvalue weighted by Gasteiger charge is -2.33. The molecule has 0 amide bonds. The number of rotatable bonds is 17. The molecule has 2 heteroatoms. The summed E-state index contributed by atoms with van der Waals surface area (Å²) in [7, 11) is 0. The molecule has 0 bridgehead atoms. The summed E-state index contributed by atoms with van der Waals surface area (Å²) >= 11 is 0. The second-order valence-electron chi connectivity index (χ2n) is 8.79. The fourth-order valence-electron chi connectivity index (χ4n) is 4.44. The first-order valence-corrected chi connectivity index (χ1v) is 12.6. The third-order valence-electron chi connectivity index (χ3n) is 6.26. The summed E-state index contributed by atoms with van der Waals surface area (Å²) in [4.78, 5) is 5.09. The number of hydrogen-bond donors (Lipinski definition) is 0. The van der Waals surface area contributed by atoms with Crippen LogP contribution in [0.25, 0.3) is 0 Å². The average molecular weight is 399 g/mol. The minimum atomic E-state index is 0.507. The standard InChI is InChI=1S/C27H46N2/c1-3-5-7-9-10-11-12-13-14-19-23-28-24-25-29(26-20-16-15-17-21-26)27(28)22-18-8-6-4-2/h15-17,20-21,24-25,27H,3-14,18-19,22-23H2,1-2H3. The van der Waals surface area contributed by atoms with Crippen LogP contribution in [0.15, 0.2) is 42.7 Å². The number of unbranched alkanes of at least 4 members (excludes halogenated alkanes) is 12. The number of para-hydroxylation sites is 1. The molecule has 2 nitrogen and oxygen atoms in total. The molecule has 0 radical (unpaired) electrons. The van der Waals surface area contributed by atoms with E-state index in [4.69, 9.17) is 0 Å². The van der Waals surface area contributed by atoms with Gasteiger partial charge in [-0.15, -0.1) is 0 Å². The Morgan fingerprint density at radius 1 is 0.621 bits per heavy atom. The van der Waals surface area contributed by atoms with E-state index in [9.17, 15) is 0 Å². The molecular formula is C27H46N2. The second kappa shape index (κ2) is 15.4. The highest BCUT2D eigenvalue weighted by Crippen LogP contribution is 2.28. The first-order valence-electron chi connectivity index (χ1n) is 12.6. The first kappa shape index (κ1) is 23.8. The van der Waals surface area contributed by atoms with Crippen LogP contribution in [-0.2, 0) is 0 Å². The highest BCUT2D eigenvalue weighted by Gasteiger charge is 2.26. The summed E-state index contributed by atoms with van der Waals surface area (Å²) in [6.07, 6.45) is 25.9. The van der Waals surface area contributed by atoms with Crippen molar-refractivity contribution in [1.29, 1.82) is 0 Å². The van der Waals surface area contributed by atoms with Gasteiger partial charge in [0.15, 0.2) is 0 Å². The molecule has 0 N–H and O–H groups in total. The van der Waals surface area contributed by atoms with Crippen LogP contribution < -0.4 is 4.90 Å². The Morgan fingerprint density at radius 2 is 1.17 bits per heavy atom. The van der Waals surface area contributed by atoms with Crippen LogP contribution in [0.5, 0.6) is 0 Å². The predicted octanol–water partition coefficient (Wildman–Crippen LogP) is 8.50. The Kier molecular flexibility index (Phi) is 12.7. The van der Waals surface area contributed by atoms with Gasteiger partial charge in [0.1, 0.15) is 6.17 Å². The Hall–Kier alpha value is -1.44. The third-order valence-corrected chi connectivity index (χ3v) is 6.26. The second-order valence-corrected chi connectivity index (χ2v) is 8.79. The molecule has 1 atom stereocenters. The molecule has 1 aromatic rings. The summed E-state index contributed by atoms with van der Waals surface area (Å²) in [6.45, 7) is 5.80. The molecule has 1 aromatic carbocycles. The molecule has 29 heavy (non-hydrogen) atoms. The zero-order valence-corrected chi connectivity index (χ0v) is 19.3. The van der Waals surface area contributed by atoms with Gasteiger partial charge in [-0.25, -0.2) is 0 Å². The number of benzene rings is 1. The average Bonchev–Trinajstić information content (AvgIpc) is 3.16. The van der Waals surface area contributed by atoms with Crippen molar-refractivity contribution in [3.8, 4) is 0 Å². The minimum absolute atomic E-state index is 0.507. The fourth-order valence-corrected chi connectivity index (χ4v) is 4.44.